The fraction of sp³-hybridized carbons (Fsp3) is 0.417. The molecule has 1 aromatic carbocycles. The Bertz CT molecular complexity index is 421. The summed E-state index contributed by atoms with van der Waals surface area (Å²) in [5.41, 5.74) is 0.637. The van der Waals surface area contributed by atoms with Crippen LogP contribution < -0.4 is 0 Å². The Balaban J connectivity index is 2.24. The van der Waals surface area contributed by atoms with Crippen LogP contribution >= 0.6 is 11.6 Å². The standard InChI is InChI=1S/C12H13ClFNO/c1-8-3-2-4-10(11(8)14)12(16)15-6-5-9(13)7-15/h2-4,9H,5-7H2,1H3. The van der Waals surface area contributed by atoms with E-state index in [4.69, 9.17) is 11.6 Å². The van der Waals surface area contributed by atoms with Gasteiger partial charge in [0.15, 0.2) is 0 Å². The van der Waals surface area contributed by atoms with Crippen molar-refractivity contribution in [2.45, 2.75) is 18.7 Å². The van der Waals surface area contributed by atoms with Crippen LogP contribution in [-0.4, -0.2) is 29.3 Å². The van der Waals surface area contributed by atoms with Crippen molar-refractivity contribution < 1.29 is 9.18 Å². The summed E-state index contributed by atoms with van der Waals surface area (Å²) in [6.07, 6.45) is 0.779. The highest BCUT2D eigenvalue weighted by atomic mass is 35.5. The Labute approximate surface area is 99.0 Å². The van der Waals surface area contributed by atoms with Crippen LogP contribution in [0.1, 0.15) is 22.3 Å². The van der Waals surface area contributed by atoms with Crippen LogP contribution in [0.15, 0.2) is 18.2 Å². The molecule has 1 aliphatic heterocycles. The summed E-state index contributed by atoms with van der Waals surface area (Å²) in [5.74, 6) is -0.685. The second-order valence-electron chi connectivity index (χ2n) is 4.07. The van der Waals surface area contributed by atoms with E-state index in [1.54, 1.807) is 24.0 Å². The third-order valence-corrected chi connectivity index (χ3v) is 3.20. The third-order valence-electron chi connectivity index (χ3n) is 2.84. The first kappa shape index (κ1) is 11.4. The van der Waals surface area contributed by atoms with Crippen molar-refractivity contribution in [2.24, 2.45) is 0 Å². The smallest absolute Gasteiger partial charge is 0.256 e. The Kier molecular flexibility index (Phi) is 3.15. The minimum atomic E-state index is -0.425. The molecule has 0 aromatic heterocycles. The first-order valence-electron chi connectivity index (χ1n) is 5.28. The molecule has 16 heavy (non-hydrogen) atoms. The number of hydrogen-bond acceptors (Lipinski definition) is 1. The number of alkyl halides is 1. The molecular formula is C12H13ClFNO. The van der Waals surface area contributed by atoms with Gasteiger partial charge in [0.25, 0.3) is 5.91 Å². The van der Waals surface area contributed by atoms with Crippen molar-refractivity contribution in [3.8, 4) is 0 Å². The number of rotatable bonds is 1. The largest absolute Gasteiger partial charge is 0.337 e. The SMILES string of the molecule is Cc1cccc(C(=O)N2CCC(Cl)C2)c1F. The van der Waals surface area contributed by atoms with E-state index in [-0.39, 0.29) is 16.8 Å². The first-order valence-corrected chi connectivity index (χ1v) is 5.71. The molecule has 1 aliphatic rings. The maximum atomic E-state index is 13.7. The first-order chi connectivity index (χ1) is 7.59. The summed E-state index contributed by atoms with van der Waals surface area (Å²) in [5, 5.41) is -0.00294. The van der Waals surface area contributed by atoms with Gasteiger partial charge in [-0.3, -0.25) is 4.79 Å². The highest BCUT2D eigenvalue weighted by molar-refractivity contribution is 6.21. The molecule has 1 aromatic rings. The highest BCUT2D eigenvalue weighted by Crippen LogP contribution is 2.20. The lowest BCUT2D eigenvalue weighted by Gasteiger charge is -2.16. The quantitative estimate of drug-likeness (QED) is 0.692. The maximum Gasteiger partial charge on any atom is 0.256 e. The van der Waals surface area contributed by atoms with E-state index in [0.717, 1.165) is 6.42 Å². The lowest BCUT2D eigenvalue weighted by atomic mass is 10.1. The van der Waals surface area contributed by atoms with E-state index in [0.29, 0.717) is 18.7 Å². The van der Waals surface area contributed by atoms with Crippen molar-refractivity contribution in [3.05, 3.63) is 35.1 Å². The number of amides is 1. The summed E-state index contributed by atoms with van der Waals surface area (Å²) in [6.45, 7) is 2.77. The number of benzene rings is 1. The van der Waals surface area contributed by atoms with Crippen LogP contribution in [-0.2, 0) is 0 Å². The number of halogens is 2. The molecule has 1 atom stereocenters. The maximum absolute atomic E-state index is 13.7. The third kappa shape index (κ3) is 2.05. The molecule has 1 unspecified atom stereocenters. The molecule has 0 aliphatic carbocycles. The molecule has 86 valence electrons. The van der Waals surface area contributed by atoms with Crippen LogP contribution in [0.25, 0.3) is 0 Å². The second kappa shape index (κ2) is 4.42. The summed E-state index contributed by atoms with van der Waals surface area (Å²) >= 11 is 5.92. The predicted octanol–water partition coefficient (Wildman–Crippen LogP) is 2.59. The monoisotopic (exact) mass is 241 g/mol. The van der Waals surface area contributed by atoms with Gasteiger partial charge in [0, 0.05) is 13.1 Å². The molecule has 2 nitrogen and oxygen atoms in total. The summed E-state index contributed by atoms with van der Waals surface area (Å²) in [7, 11) is 0. The van der Waals surface area contributed by atoms with Crippen LogP contribution in [0.4, 0.5) is 4.39 Å². The molecular weight excluding hydrogens is 229 g/mol. The van der Waals surface area contributed by atoms with Crippen molar-refractivity contribution in [1.82, 2.24) is 4.90 Å². The van der Waals surface area contributed by atoms with E-state index in [2.05, 4.69) is 0 Å². The van der Waals surface area contributed by atoms with Crippen LogP contribution in [0.2, 0.25) is 0 Å². The van der Waals surface area contributed by atoms with Gasteiger partial charge >= 0.3 is 0 Å². The van der Waals surface area contributed by atoms with Gasteiger partial charge in [0.05, 0.1) is 10.9 Å². The number of likely N-dealkylation sites (tertiary alicyclic amines) is 1. The average Bonchev–Trinajstić information content (AvgIpc) is 2.68. The number of carbonyl (C=O) groups excluding carboxylic acids is 1. The Hall–Kier alpha value is -1.09. The molecule has 0 saturated carbocycles. The average molecular weight is 242 g/mol. The summed E-state index contributed by atoms with van der Waals surface area (Å²) in [6, 6.07) is 4.87. The minimum Gasteiger partial charge on any atom is -0.337 e. The number of aryl methyl sites for hydroxylation is 1. The zero-order valence-electron chi connectivity index (χ0n) is 9.04. The molecule has 1 fully saturated rings. The van der Waals surface area contributed by atoms with Crippen molar-refractivity contribution in [1.29, 1.82) is 0 Å². The van der Waals surface area contributed by atoms with Gasteiger partial charge in [-0.2, -0.15) is 0 Å². The Morgan fingerprint density at radius 3 is 2.94 bits per heavy atom. The molecule has 1 heterocycles. The van der Waals surface area contributed by atoms with E-state index in [9.17, 15) is 9.18 Å². The van der Waals surface area contributed by atoms with Gasteiger partial charge in [-0.25, -0.2) is 4.39 Å². The molecule has 2 rings (SSSR count). The van der Waals surface area contributed by atoms with Crippen LogP contribution in [0, 0.1) is 12.7 Å². The molecule has 4 heteroatoms. The molecule has 1 amide bonds. The number of nitrogens with zero attached hydrogens (tertiary/aromatic N) is 1. The van der Waals surface area contributed by atoms with Gasteiger partial charge in [-0.15, -0.1) is 11.6 Å². The minimum absolute atomic E-state index is 0.00294. The molecule has 0 N–H and O–H groups in total. The van der Waals surface area contributed by atoms with Crippen molar-refractivity contribution in [2.75, 3.05) is 13.1 Å². The molecule has 0 radical (unpaired) electrons. The zero-order chi connectivity index (χ0) is 11.7. The number of carbonyl (C=O) groups is 1. The normalized spacial score (nSPS) is 20.2. The number of hydrogen-bond donors (Lipinski definition) is 0. The van der Waals surface area contributed by atoms with E-state index < -0.39 is 5.82 Å². The molecule has 1 saturated heterocycles. The fourth-order valence-corrected chi connectivity index (χ4v) is 2.15. The van der Waals surface area contributed by atoms with Crippen molar-refractivity contribution in [3.63, 3.8) is 0 Å². The van der Waals surface area contributed by atoms with Gasteiger partial charge < -0.3 is 4.90 Å². The lowest BCUT2D eigenvalue weighted by molar-refractivity contribution is 0.0788. The fourth-order valence-electron chi connectivity index (χ4n) is 1.89. The predicted molar refractivity (Wildman–Crippen MR) is 61.3 cm³/mol. The van der Waals surface area contributed by atoms with E-state index in [1.165, 1.54) is 6.07 Å². The van der Waals surface area contributed by atoms with Crippen LogP contribution in [0.3, 0.4) is 0 Å². The van der Waals surface area contributed by atoms with Crippen LogP contribution in [0.5, 0.6) is 0 Å². The second-order valence-corrected chi connectivity index (χ2v) is 4.69. The molecule has 0 bridgehead atoms. The van der Waals surface area contributed by atoms with Gasteiger partial charge in [0.1, 0.15) is 5.82 Å². The van der Waals surface area contributed by atoms with Crippen molar-refractivity contribution >= 4 is 17.5 Å². The van der Waals surface area contributed by atoms with Gasteiger partial charge in [-0.1, -0.05) is 12.1 Å². The topological polar surface area (TPSA) is 20.3 Å². The van der Waals surface area contributed by atoms with Gasteiger partial charge in [-0.05, 0) is 25.0 Å². The highest BCUT2D eigenvalue weighted by Gasteiger charge is 2.27. The Morgan fingerprint density at radius 1 is 1.56 bits per heavy atom. The summed E-state index contributed by atoms with van der Waals surface area (Å²) in [4.78, 5) is 13.6. The summed E-state index contributed by atoms with van der Waals surface area (Å²) < 4.78 is 13.7. The Morgan fingerprint density at radius 2 is 2.31 bits per heavy atom. The van der Waals surface area contributed by atoms with E-state index in [1.807, 2.05) is 0 Å². The van der Waals surface area contributed by atoms with Gasteiger partial charge in [0.2, 0.25) is 0 Å². The van der Waals surface area contributed by atoms with E-state index >= 15 is 0 Å². The zero-order valence-corrected chi connectivity index (χ0v) is 9.80. The lowest BCUT2D eigenvalue weighted by Crippen LogP contribution is -2.29. The molecule has 0 spiro atoms.